The Bertz CT molecular complexity index is 635. The summed E-state index contributed by atoms with van der Waals surface area (Å²) in [5.41, 5.74) is 1.74. The van der Waals surface area contributed by atoms with E-state index in [1.165, 1.54) is 28.2 Å². The Kier molecular flexibility index (Phi) is 3.88. The van der Waals surface area contributed by atoms with Gasteiger partial charge >= 0.3 is 0 Å². The SMILES string of the molecule is CN(C)C(=O)c1ccc(NC2CCCc3sccc32)nn1. The molecule has 21 heavy (non-hydrogen) atoms. The van der Waals surface area contributed by atoms with Crippen molar-refractivity contribution in [2.75, 3.05) is 19.4 Å². The van der Waals surface area contributed by atoms with E-state index in [-0.39, 0.29) is 5.91 Å². The zero-order valence-electron chi connectivity index (χ0n) is 12.2. The van der Waals surface area contributed by atoms with Gasteiger partial charge in [0.1, 0.15) is 5.82 Å². The lowest BCUT2D eigenvalue weighted by Gasteiger charge is -2.24. The van der Waals surface area contributed by atoms with Crippen LogP contribution < -0.4 is 5.32 Å². The number of carbonyl (C=O) groups excluding carboxylic acids is 1. The predicted molar refractivity (Wildman–Crippen MR) is 83.7 cm³/mol. The van der Waals surface area contributed by atoms with Crippen LogP contribution in [0.15, 0.2) is 23.6 Å². The zero-order valence-corrected chi connectivity index (χ0v) is 13.0. The van der Waals surface area contributed by atoms with Crippen LogP contribution in [0.25, 0.3) is 0 Å². The molecule has 2 heterocycles. The second-order valence-electron chi connectivity index (χ2n) is 5.39. The van der Waals surface area contributed by atoms with Crippen LogP contribution in [0.3, 0.4) is 0 Å². The molecule has 0 saturated heterocycles. The molecule has 0 bridgehead atoms. The van der Waals surface area contributed by atoms with Crippen LogP contribution in [0.2, 0.25) is 0 Å². The Hall–Kier alpha value is -1.95. The Morgan fingerprint density at radius 1 is 1.33 bits per heavy atom. The number of hydrogen-bond donors (Lipinski definition) is 1. The van der Waals surface area contributed by atoms with Gasteiger partial charge in [0.05, 0.1) is 6.04 Å². The molecular formula is C15H18N4OS. The molecule has 1 N–H and O–H groups in total. The smallest absolute Gasteiger partial charge is 0.273 e. The van der Waals surface area contributed by atoms with E-state index >= 15 is 0 Å². The molecule has 5 nitrogen and oxygen atoms in total. The number of carbonyl (C=O) groups is 1. The van der Waals surface area contributed by atoms with Gasteiger partial charge in [-0.05, 0) is 48.4 Å². The standard InChI is InChI=1S/C15H18N4OS/c1-19(2)15(20)12-6-7-14(18-17-12)16-11-4-3-5-13-10(11)8-9-21-13/h6-9,11H,3-5H2,1-2H3,(H,16,18). The van der Waals surface area contributed by atoms with Gasteiger partial charge in [-0.2, -0.15) is 0 Å². The van der Waals surface area contributed by atoms with Gasteiger partial charge in [-0.15, -0.1) is 21.5 Å². The molecule has 2 aromatic heterocycles. The first kappa shape index (κ1) is 14.0. The van der Waals surface area contributed by atoms with Crippen molar-refractivity contribution in [3.05, 3.63) is 39.7 Å². The number of fused-ring (bicyclic) bond motifs is 1. The van der Waals surface area contributed by atoms with Crippen LogP contribution >= 0.6 is 11.3 Å². The van der Waals surface area contributed by atoms with E-state index in [0.29, 0.717) is 17.6 Å². The minimum absolute atomic E-state index is 0.133. The van der Waals surface area contributed by atoms with E-state index in [0.717, 1.165) is 6.42 Å². The second kappa shape index (κ2) is 5.81. The highest BCUT2D eigenvalue weighted by molar-refractivity contribution is 7.10. The van der Waals surface area contributed by atoms with Gasteiger partial charge in [0.25, 0.3) is 5.91 Å². The normalized spacial score (nSPS) is 17.1. The highest BCUT2D eigenvalue weighted by Gasteiger charge is 2.21. The fraction of sp³-hybridized carbons (Fsp3) is 0.400. The average molecular weight is 302 g/mol. The third-order valence-electron chi connectivity index (χ3n) is 3.66. The van der Waals surface area contributed by atoms with E-state index in [4.69, 9.17) is 0 Å². The number of amides is 1. The largest absolute Gasteiger partial charge is 0.362 e. The Morgan fingerprint density at radius 3 is 2.90 bits per heavy atom. The van der Waals surface area contributed by atoms with Gasteiger partial charge in [0.2, 0.25) is 0 Å². The van der Waals surface area contributed by atoms with E-state index < -0.39 is 0 Å². The molecule has 0 saturated carbocycles. The maximum absolute atomic E-state index is 11.8. The summed E-state index contributed by atoms with van der Waals surface area (Å²) in [5.74, 6) is 0.584. The van der Waals surface area contributed by atoms with Crippen molar-refractivity contribution in [2.45, 2.75) is 25.3 Å². The summed E-state index contributed by atoms with van der Waals surface area (Å²) in [7, 11) is 3.41. The van der Waals surface area contributed by atoms with Crippen molar-refractivity contribution in [1.29, 1.82) is 0 Å². The second-order valence-corrected chi connectivity index (χ2v) is 6.39. The molecule has 1 aliphatic carbocycles. The number of thiophene rings is 1. The van der Waals surface area contributed by atoms with Gasteiger partial charge < -0.3 is 10.2 Å². The van der Waals surface area contributed by atoms with Crippen molar-refractivity contribution >= 4 is 23.1 Å². The third kappa shape index (κ3) is 2.90. The van der Waals surface area contributed by atoms with Crippen LogP contribution in [0.1, 0.15) is 39.8 Å². The lowest BCUT2D eigenvalue weighted by molar-refractivity contribution is 0.0821. The van der Waals surface area contributed by atoms with Gasteiger partial charge in [-0.3, -0.25) is 4.79 Å². The first-order valence-electron chi connectivity index (χ1n) is 7.03. The molecule has 6 heteroatoms. The van der Waals surface area contributed by atoms with Gasteiger partial charge in [-0.25, -0.2) is 0 Å². The summed E-state index contributed by atoms with van der Waals surface area (Å²) in [6.07, 6.45) is 3.47. The van der Waals surface area contributed by atoms with Crippen LogP contribution in [-0.2, 0) is 6.42 Å². The highest BCUT2D eigenvalue weighted by atomic mass is 32.1. The minimum atomic E-state index is -0.133. The number of rotatable bonds is 3. The van der Waals surface area contributed by atoms with Crippen LogP contribution in [0.4, 0.5) is 5.82 Å². The first-order valence-corrected chi connectivity index (χ1v) is 7.91. The van der Waals surface area contributed by atoms with E-state index in [1.807, 2.05) is 17.4 Å². The lowest BCUT2D eigenvalue weighted by atomic mass is 9.94. The van der Waals surface area contributed by atoms with E-state index in [2.05, 4.69) is 27.0 Å². The lowest BCUT2D eigenvalue weighted by Crippen LogP contribution is -2.23. The molecule has 3 rings (SSSR count). The number of aryl methyl sites for hydroxylation is 1. The Morgan fingerprint density at radius 2 is 2.19 bits per heavy atom. The third-order valence-corrected chi connectivity index (χ3v) is 4.66. The monoisotopic (exact) mass is 302 g/mol. The summed E-state index contributed by atoms with van der Waals surface area (Å²) in [6.45, 7) is 0. The highest BCUT2D eigenvalue weighted by Crippen LogP contribution is 2.35. The van der Waals surface area contributed by atoms with E-state index in [1.54, 1.807) is 20.2 Å². The number of hydrogen-bond acceptors (Lipinski definition) is 5. The molecule has 0 fully saturated rings. The molecule has 0 radical (unpaired) electrons. The molecule has 0 aromatic carbocycles. The fourth-order valence-corrected chi connectivity index (χ4v) is 3.55. The molecule has 1 amide bonds. The van der Waals surface area contributed by atoms with Crippen LogP contribution in [0, 0.1) is 0 Å². The van der Waals surface area contributed by atoms with Crippen molar-refractivity contribution in [1.82, 2.24) is 15.1 Å². The molecule has 0 spiro atoms. The average Bonchev–Trinajstić information content (AvgIpc) is 2.97. The molecular weight excluding hydrogens is 284 g/mol. The summed E-state index contributed by atoms with van der Waals surface area (Å²) in [4.78, 5) is 14.7. The molecule has 1 unspecified atom stereocenters. The summed E-state index contributed by atoms with van der Waals surface area (Å²) in [6, 6.07) is 6.03. The predicted octanol–water partition coefficient (Wildman–Crippen LogP) is 2.73. The number of nitrogens with one attached hydrogen (secondary N) is 1. The van der Waals surface area contributed by atoms with Crippen molar-refractivity contribution in [3.8, 4) is 0 Å². The Balaban J connectivity index is 1.74. The maximum atomic E-state index is 11.8. The van der Waals surface area contributed by atoms with E-state index in [9.17, 15) is 4.79 Å². The maximum Gasteiger partial charge on any atom is 0.273 e. The van der Waals surface area contributed by atoms with Crippen molar-refractivity contribution < 1.29 is 4.79 Å². The summed E-state index contributed by atoms with van der Waals surface area (Å²) < 4.78 is 0. The van der Waals surface area contributed by atoms with Gasteiger partial charge in [0, 0.05) is 19.0 Å². The van der Waals surface area contributed by atoms with Crippen LogP contribution in [-0.4, -0.2) is 35.1 Å². The molecule has 1 atom stereocenters. The minimum Gasteiger partial charge on any atom is -0.362 e. The Labute approximate surface area is 128 Å². The van der Waals surface area contributed by atoms with Crippen LogP contribution in [0.5, 0.6) is 0 Å². The fourth-order valence-electron chi connectivity index (χ4n) is 2.57. The van der Waals surface area contributed by atoms with Crippen molar-refractivity contribution in [3.63, 3.8) is 0 Å². The molecule has 0 aliphatic heterocycles. The molecule has 2 aromatic rings. The van der Waals surface area contributed by atoms with Gasteiger partial charge in [-0.1, -0.05) is 0 Å². The number of anilines is 1. The molecule has 1 aliphatic rings. The zero-order chi connectivity index (χ0) is 14.8. The summed E-state index contributed by atoms with van der Waals surface area (Å²) in [5, 5.41) is 13.7. The van der Waals surface area contributed by atoms with Crippen molar-refractivity contribution in [2.24, 2.45) is 0 Å². The quantitative estimate of drug-likeness (QED) is 0.947. The first-order chi connectivity index (χ1) is 10.1. The van der Waals surface area contributed by atoms with Gasteiger partial charge in [0.15, 0.2) is 5.69 Å². The molecule has 110 valence electrons. The topological polar surface area (TPSA) is 58.1 Å². The summed E-state index contributed by atoms with van der Waals surface area (Å²) >= 11 is 1.82. The number of aromatic nitrogens is 2. The number of nitrogens with zero attached hydrogens (tertiary/aromatic N) is 3.